The third kappa shape index (κ3) is 5.11. The van der Waals surface area contributed by atoms with Gasteiger partial charge in [0, 0.05) is 36.7 Å². The van der Waals surface area contributed by atoms with Gasteiger partial charge in [0.05, 0.1) is 5.57 Å². The molecule has 0 saturated heterocycles. The van der Waals surface area contributed by atoms with Gasteiger partial charge in [0.1, 0.15) is 11.9 Å². The number of likely N-dealkylation sites (N-methyl/N-ethyl adjacent to an activating group) is 2. The van der Waals surface area contributed by atoms with E-state index in [-0.39, 0.29) is 23.5 Å². The summed E-state index contributed by atoms with van der Waals surface area (Å²) in [5.74, 6) is -0.949. The second kappa shape index (κ2) is 10.5. The summed E-state index contributed by atoms with van der Waals surface area (Å²) >= 11 is 0. The summed E-state index contributed by atoms with van der Waals surface area (Å²) in [6.45, 7) is 7.07. The Kier molecular flexibility index (Phi) is 7.71. The number of anilines is 1. The molecule has 34 heavy (non-hydrogen) atoms. The highest BCUT2D eigenvalue weighted by atomic mass is 19.1. The van der Waals surface area contributed by atoms with Gasteiger partial charge in [0.2, 0.25) is 11.8 Å². The lowest BCUT2D eigenvalue weighted by Gasteiger charge is -2.21. The molecule has 7 nitrogen and oxygen atoms in total. The first-order valence-corrected chi connectivity index (χ1v) is 11.3. The van der Waals surface area contributed by atoms with Crippen LogP contribution in [0.15, 0.2) is 30.9 Å². The molecular weight excluding hydrogens is 435 g/mol. The Morgan fingerprint density at radius 1 is 1.26 bits per heavy atom. The van der Waals surface area contributed by atoms with Gasteiger partial charge in [-0.05, 0) is 81.0 Å². The summed E-state index contributed by atoms with van der Waals surface area (Å²) < 4.78 is 13.5. The first-order chi connectivity index (χ1) is 16.2. The highest BCUT2D eigenvalue weighted by molar-refractivity contribution is 6.34. The number of carbonyl (C=O) groups is 3. The number of aromatic amines is 1. The maximum absolute atomic E-state index is 13.5. The van der Waals surface area contributed by atoms with Crippen molar-refractivity contribution in [2.45, 2.75) is 45.6 Å². The van der Waals surface area contributed by atoms with Crippen LogP contribution in [0.2, 0.25) is 0 Å². The van der Waals surface area contributed by atoms with E-state index in [0.29, 0.717) is 16.8 Å². The molecule has 1 aromatic carbocycles. The number of H-pyrrole nitrogens is 1. The van der Waals surface area contributed by atoms with Crippen LogP contribution in [0.1, 0.15) is 47.8 Å². The van der Waals surface area contributed by atoms with Gasteiger partial charge < -0.3 is 20.5 Å². The fourth-order valence-corrected chi connectivity index (χ4v) is 4.19. The average molecular weight is 467 g/mol. The van der Waals surface area contributed by atoms with Crippen molar-refractivity contribution in [1.29, 1.82) is 0 Å². The maximum atomic E-state index is 13.5. The molecule has 1 aliphatic heterocycles. The summed E-state index contributed by atoms with van der Waals surface area (Å²) in [5, 5.41) is 5.25. The predicted octanol–water partition coefficient (Wildman–Crippen LogP) is 3.60. The van der Waals surface area contributed by atoms with E-state index >= 15 is 0 Å². The summed E-state index contributed by atoms with van der Waals surface area (Å²) in [6, 6.07) is 3.92. The van der Waals surface area contributed by atoms with Crippen LogP contribution in [0.4, 0.5) is 10.1 Å². The standard InChI is InChI=1S/C18H17FN2O.C8H14N2O2/c1-10-12-4-2-3-5-15(12)20-17(10)9-14-13-8-11(19)6-7-16(13)21-18(14)22;1-5-7(11)10(4)6(2)8(12)9-3/h6-9,20H,2-5H2,1H3,(H,21,22);5-6H,1H2,2-4H3,(H,9,12)/b14-9-;. The van der Waals surface area contributed by atoms with Crippen LogP contribution in [0, 0.1) is 12.7 Å². The number of benzene rings is 1. The topological polar surface area (TPSA) is 94.3 Å². The van der Waals surface area contributed by atoms with E-state index in [1.54, 1.807) is 20.0 Å². The minimum Gasteiger partial charge on any atom is -0.358 e. The van der Waals surface area contributed by atoms with Gasteiger partial charge in [-0.2, -0.15) is 0 Å². The minimum atomic E-state index is -0.458. The molecule has 3 N–H and O–H groups in total. The third-order valence-corrected chi connectivity index (χ3v) is 6.39. The number of hydrogen-bond donors (Lipinski definition) is 3. The molecule has 0 saturated carbocycles. The van der Waals surface area contributed by atoms with Crippen LogP contribution in [0.25, 0.3) is 11.6 Å². The van der Waals surface area contributed by atoms with E-state index in [1.807, 2.05) is 6.08 Å². The van der Waals surface area contributed by atoms with Gasteiger partial charge in [-0.1, -0.05) is 6.58 Å². The highest BCUT2D eigenvalue weighted by Gasteiger charge is 2.26. The Labute approximate surface area is 199 Å². The van der Waals surface area contributed by atoms with Crippen LogP contribution in [-0.4, -0.2) is 47.7 Å². The molecule has 1 atom stereocenters. The van der Waals surface area contributed by atoms with Crippen molar-refractivity contribution in [1.82, 2.24) is 15.2 Å². The monoisotopic (exact) mass is 466 g/mol. The summed E-state index contributed by atoms with van der Waals surface area (Å²) in [5.41, 5.74) is 6.68. The van der Waals surface area contributed by atoms with E-state index in [9.17, 15) is 18.8 Å². The molecule has 1 unspecified atom stereocenters. The largest absolute Gasteiger partial charge is 0.358 e. The fraction of sp³-hybridized carbons (Fsp3) is 0.346. The van der Waals surface area contributed by atoms with Crippen LogP contribution >= 0.6 is 0 Å². The number of nitrogens with one attached hydrogen (secondary N) is 3. The fourth-order valence-electron chi connectivity index (χ4n) is 4.19. The van der Waals surface area contributed by atoms with Crippen molar-refractivity contribution in [2.24, 2.45) is 0 Å². The lowest BCUT2D eigenvalue weighted by Crippen LogP contribution is -2.44. The van der Waals surface area contributed by atoms with Crippen molar-refractivity contribution in [3.8, 4) is 0 Å². The van der Waals surface area contributed by atoms with Crippen molar-refractivity contribution in [3.63, 3.8) is 0 Å². The molecule has 1 aromatic heterocycles. The van der Waals surface area contributed by atoms with Gasteiger partial charge in [0.15, 0.2) is 0 Å². The van der Waals surface area contributed by atoms with Crippen LogP contribution in [0.5, 0.6) is 0 Å². The molecule has 0 fully saturated rings. The lowest BCUT2D eigenvalue weighted by molar-refractivity contribution is -0.134. The van der Waals surface area contributed by atoms with E-state index in [4.69, 9.17) is 0 Å². The van der Waals surface area contributed by atoms with Crippen molar-refractivity contribution in [3.05, 3.63) is 64.7 Å². The van der Waals surface area contributed by atoms with Gasteiger partial charge in [-0.15, -0.1) is 0 Å². The Morgan fingerprint density at radius 2 is 1.97 bits per heavy atom. The Hall–Kier alpha value is -3.68. The number of hydrogen-bond acceptors (Lipinski definition) is 3. The Balaban J connectivity index is 0.000000232. The quantitative estimate of drug-likeness (QED) is 0.601. The zero-order chi connectivity index (χ0) is 25.0. The van der Waals surface area contributed by atoms with Gasteiger partial charge in [-0.25, -0.2) is 4.39 Å². The minimum absolute atomic E-state index is 0.174. The number of aryl methyl sites for hydroxylation is 1. The van der Waals surface area contributed by atoms with E-state index in [1.165, 1.54) is 59.8 Å². The van der Waals surface area contributed by atoms with Crippen LogP contribution in [0.3, 0.4) is 0 Å². The molecule has 2 aromatic rings. The summed E-state index contributed by atoms with van der Waals surface area (Å²) in [7, 11) is 3.09. The number of halogens is 1. The molecule has 2 heterocycles. The third-order valence-electron chi connectivity index (χ3n) is 6.39. The molecule has 1 aliphatic carbocycles. The highest BCUT2D eigenvalue weighted by Crippen LogP contribution is 2.35. The summed E-state index contributed by atoms with van der Waals surface area (Å²) in [6.07, 6.45) is 7.62. The molecule has 0 bridgehead atoms. The molecular formula is C26H31FN4O3. The van der Waals surface area contributed by atoms with E-state index in [2.05, 4.69) is 29.1 Å². The number of carbonyl (C=O) groups excluding carboxylic acids is 3. The number of amides is 3. The zero-order valence-electron chi connectivity index (χ0n) is 20.0. The predicted molar refractivity (Wildman–Crippen MR) is 132 cm³/mol. The lowest BCUT2D eigenvalue weighted by atomic mass is 9.95. The number of nitrogens with zero attached hydrogens (tertiary/aromatic N) is 1. The van der Waals surface area contributed by atoms with Crippen molar-refractivity contribution < 1.29 is 18.8 Å². The molecule has 8 heteroatoms. The smallest absolute Gasteiger partial charge is 0.256 e. The molecule has 180 valence electrons. The Morgan fingerprint density at radius 3 is 2.62 bits per heavy atom. The Bertz CT molecular complexity index is 1170. The second-order valence-corrected chi connectivity index (χ2v) is 8.47. The van der Waals surface area contributed by atoms with Crippen LogP contribution in [-0.2, 0) is 27.2 Å². The molecule has 2 aliphatic rings. The first-order valence-electron chi connectivity index (χ1n) is 11.3. The number of rotatable bonds is 4. The maximum Gasteiger partial charge on any atom is 0.256 e. The average Bonchev–Trinajstić information content (AvgIpc) is 3.33. The molecule has 4 rings (SSSR count). The summed E-state index contributed by atoms with van der Waals surface area (Å²) in [4.78, 5) is 39.0. The van der Waals surface area contributed by atoms with Gasteiger partial charge in [-0.3, -0.25) is 14.4 Å². The van der Waals surface area contributed by atoms with E-state index < -0.39 is 6.04 Å². The van der Waals surface area contributed by atoms with Crippen molar-refractivity contribution in [2.75, 3.05) is 19.4 Å². The molecule has 0 radical (unpaired) electrons. The van der Waals surface area contributed by atoms with Crippen LogP contribution < -0.4 is 10.6 Å². The van der Waals surface area contributed by atoms with Crippen molar-refractivity contribution >= 4 is 35.1 Å². The zero-order valence-corrected chi connectivity index (χ0v) is 20.0. The SMILES string of the molecule is C=CC(=O)N(C)C(C)C(=O)NC.Cc1c(/C=C2\C(=O)Nc3ccc(F)cc32)[nH]c2c1CCCC2. The van der Waals surface area contributed by atoms with Gasteiger partial charge in [0.25, 0.3) is 5.91 Å². The second-order valence-electron chi connectivity index (χ2n) is 8.47. The van der Waals surface area contributed by atoms with E-state index in [0.717, 1.165) is 18.5 Å². The number of fused-ring (bicyclic) bond motifs is 2. The molecule has 3 amide bonds. The normalized spacial score (nSPS) is 15.9. The first kappa shape index (κ1) is 25.0. The number of aromatic nitrogens is 1. The molecule has 0 spiro atoms. The van der Waals surface area contributed by atoms with Gasteiger partial charge >= 0.3 is 0 Å².